The molecule has 1 heterocycles. The van der Waals surface area contributed by atoms with E-state index in [0.29, 0.717) is 0 Å². The molecule has 0 fully saturated rings. The molecule has 12 rings (SSSR count). The monoisotopic (exact) mass is 753 g/mol. The first kappa shape index (κ1) is 32.9. The maximum atomic E-state index is 2.46. The van der Waals surface area contributed by atoms with Gasteiger partial charge in [0.1, 0.15) is 0 Å². The fourth-order valence-corrected chi connectivity index (χ4v) is 10.3. The number of rotatable bonds is 5. The van der Waals surface area contributed by atoms with Gasteiger partial charge in [-0.2, -0.15) is 0 Å². The minimum atomic E-state index is 1.12. The van der Waals surface area contributed by atoms with Crippen molar-refractivity contribution in [3.63, 3.8) is 0 Å². The Labute approximate surface area is 340 Å². The van der Waals surface area contributed by atoms with Gasteiger partial charge in [0.25, 0.3) is 0 Å². The van der Waals surface area contributed by atoms with Gasteiger partial charge in [-0.25, -0.2) is 0 Å². The van der Waals surface area contributed by atoms with Crippen molar-refractivity contribution >= 4 is 102 Å². The van der Waals surface area contributed by atoms with Crippen LogP contribution in [0.4, 0.5) is 17.1 Å². The fraction of sp³-hybridized carbons (Fsp3) is 0. The van der Waals surface area contributed by atoms with Crippen LogP contribution < -0.4 is 4.90 Å². The third kappa shape index (κ3) is 5.38. The lowest BCUT2D eigenvalue weighted by atomic mass is 9.92. The molecule has 0 N–H and O–H groups in total. The molecule has 0 saturated heterocycles. The van der Waals surface area contributed by atoms with Crippen LogP contribution in [0, 0.1) is 0 Å². The second-order valence-corrected chi connectivity index (χ2v) is 16.4. The van der Waals surface area contributed by atoms with Gasteiger partial charge in [0.2, 0.25) is 0 Å². The summed E-state index contributed by atoms with van der Waals surface area (Å²) in [7, 11) is 0. The van der Waals surface area contributed by atoms with Gasteiger partial charge in [0.05, 0.1) is 0 Å². The average Bonchev–Trinajstić information content (AvgIpc) is 3.64. The Morgan fingerprint density at radius 2 is 0.845 bits per heavy atom. The SMILES string of the molecule is c1ccc(-c2cc(N(c3ccc4ccc(-c5cc6ccccc6c6ccccc56)cc4c3)c3ccc4c(c3)sc3cc5ccccc5cc34)cc3ccccc23)cc1. The van der Waals surface area contributed by atoms with E-state index in [9.17, 15) is 0 Å². The van der Waals surface area contributed by atoms with Crippen molar-refractivity contribution in [3.8, 4) is 22.3 Å². The molecule has 0 aliphatic heterocycles. The molecule has 12 aromatic rings. The van der Waals surface area contributed by atoms with Gasteiger partial charge in [0.15, 0.2) is 0 Å². The van der Waals surface area contributed by atoms with Crippen molar-refractivity contribution in [3.05, 3.63) is 212 Å². The highest BCUT2D eigenvalue weighted by atomic mass is 32.1. The van der Waals surface area contributed by atoms with Crippen LogP contribution >= 0.6 is 11.3 Å². The molecule has 1 aromatic heterocycles. The van der Waals surface area contributed by atoms with Crippen molar-refractivity contribution < 1.29 is 0 Å². The molecule has 0 bridgehead atoms. The summed E-state index contributed by atoms with van der Waals surface area (Å²) in [6, 6.07) is 78.5. The van der Waals surface area contributed by atoms with Crippen LogP contribution in [0.2, 0.25) is 0 Å². The maximum absolute atomic E-state index is 2.46. The zero-order chi connectivity index (χ0) is 38.2. The van der Waals surface area contributed by atoms with Crippen LogP contribution in [0.3, 0.4) is 0 Å². The summed E-state index contributed by atoms with van der Waals surface area (Å²) in [5, 5.41) is 15.1. The van der Waals surface area contributed by atoms with Crippen molar-refractivity contribution in [1.82, 2.24) is 0 Å². The van der Waals surface area contributed by atoms with Crippen molar-refractivity contribution in [1.29, 1.82) is 0 Å². The Balaban J connectivity index is 1.08. The topological polar surface area (TPSA) is 3.24 Å². The summed E-state index contributed by atoms with van der Waals surface area (Å²) in [6.45, 7) is 0. The van der Waals surface area contributed by atoms with Gasteiger partial charge in [-0.3, -0.25) is 0 Å². The Bertz CT molecular complexity index is 3580. The molecule has 0 radical (unpaired) electrons. The molecule has 0 saturated carbocycles. The van der Waals surface area contributed by atoms with Crippen LogP contribution in [0.5, 0.6) is 0 Å². The average molecular weight is 754 g/mol. The van der Waals surface area contributed by atoms with Crippen LogP contribution in [0.15, 0.2) is 212 Å². The number of fused-ring (bicyclic) bond motifs is 9. The van der Waals surface area contributed by atoms with Crippen LogP contribution in [0.25, 0.3) is 96.3 Å². The van der Waals surface area contributed by atoms with Crippen molar-refractivity contribution in [2.75, 3.05) is 4.90 Å². The quantitative estimate of drug-likeness (QED) is 0.158. The lowest BCUT2D eigenvalue weighted by molar-refractivity contribution is 1.30. The molecular weight excluding hydrogens is 719 g/mol. The molecule has 11 aromatic carbocycles. The van der Waals surface area contributed by atoms with Gasteiger partial charge in [-0.05, 0) is 137 Å². The number of hydrogen-bond acceptors (Lipinski definition) is 2. The Morgan fingerprint density at radius 1 is 0.259 bits per heavy atom. The summed E-state index contributed by atoms with van der Waals surface area (Å²) < 4.78 is 2.59. The summed E-state index contributed by atoms with van der Waals surface area (Å²) in [5.74, 6) is 0. The molecule has 270 valence electrons. The van der Waals surface area contributed by atoms with E-state index in [1.807, 2.05) is 11.3 Å². The Hall–Kier alpha value is -7.26. The molecule has 0 spiro atoms. The first-order valence-electron chi connectivity index (χ1n) is 19.9. The predicted octanol–water partition coefficient (Wildman–Crippen LogP) is 16.6. The van der Waals surface area contributed by atoms with Crippen molar-refractivity contribution in [2.45, 2.75) is 0 Å². The van der Waals surface area contributed by atoms with Gasteiger partial charge in [-0.1, -0.05) is 152 Å². The van der Waals surface area contributed by atoms with Crippen LogP contribution in [-0.4, -0.2) is 0 Å². The number of thiophene rings is 1. The van der Waals surface area contributed by atoms with E-state index >= 15 is 0 Å². The van der Waals surface area contributed by atoms with Crippen LogP contribution in [-0.2, 0) is 0 Å². The minimum absolute atomic E-state index is 1.12. The zero-order valence-electron chi connectivity index (χ0n) is 31.6. The molecule has 0 atom stereocenters. The largest absolute Gasteiger partial charge is 0.310 e. The Morgan fingerprint density at radius 3 is 1.67 bits per heavy atom. The third-order valence-corrected chi connectivity index (χ3v) is 13.0. The number of anilines is 3. The first-order chi connectivity index (χ1) is 28.7. The summed E-state index contributed by atoms with van der Waals surface area (Å²) >= 11 is 1.88. The summed E-state index contributed by atoms with van der Waals surface area (Å²) in [4.78, 5) is 2.46. The fourth-order valence-electron chi connectivity index (χ4n) is 9.15. The molecule has 58 heavy (non-hydrogen) atoms. The summed E-state index contributed by atoms with van der Waals surface area (Å²) in [5.41, 5.74) is 8.28. The van der Waals surface area contributed by atoms with E-state index in [-0.39, 0.29) is 0 Å². The molecular formula is C56H35NS. The third-order valence-electron chi connectivity index (χ3n) is 11.9. The summed E-state index contributed by atoms with van der Waals surface area (Å²) in [6.07, 6.45) is 0. The lowest BCUT2D eigenvalue weighted by Gasteiger charge is -2.27. The standard InChI is InChI=1S/C56H35NS/c1-2-12-37(13-3-1)53-34-46(29-40-16-6-9-19-48(40)53)57(45-26-27-51-54-31-38-14-4-5-15-39(38)33-55(54)58-56(51)35-45)44-25-24-36-22-23-42(28-43(36)30-44)52-32-41-17-7-8-18-47(41)49-20-10-11-21-50(49)52/h1-35H. The van der Waals surface area contributed by atoms with E-state index in [1.165, 1.54) is 96.3 Å². The van der Waals surface area contributed by atoms with Gasteiger partial charge in [0, 0.05) is 37.2 Å². The van der Waals surface area contributed by atoms with Gasteiger partial charge < -0.3 is 4.90 Å². The lowest BCUT2D eigenvalue weighted by Crippen LogP contribution is -2.10. The predicted molar refractivity (Wildman–Crippen MR) is 252 cm³/mol. The van der Waals surface area contributed by atoms with Crippen LogP contribution in [0.1, 0.15) is 0 Å². The van der Waals surface area contributed by atoms with Crippen molar-refractivity contribution in [2.24, 2.45) is 0 Å². The van der Waals surface area contributed by atoms with E-state index in [0.717, 1.165) is 17.1 Å². The highest BCUT2D eigenvalue weighted by Gasteiger charge is 2.19. The Kier molecular flexibility index (Phi) is 7.47. The second-order valence-electron chi connectivity index (χ2n) is 15.3. The van der Waals surface area contributed by atoms with Gasteiger partial charge in [-0.15, -0.1) is 11.3 Å². The molecule has 0 unspecified atom stereocenters. The van der Waals surface area contributed by atoms with E-state index in [2.05, 4.69) is 217 Å². The van der Waals surface area contributed by atoms with E-state index in [4.69, 9.17) is 0 Å². The second kappa shape index (κ2) is 13.2. The normalized spacial score (nSPS) is 11.8. The number of nitrogens with zero attached hydrogens (tertiary/aromatic N) is 1. The number of benzene rings is 11. The smallest absolute Gasteiger partial charge is 0.0476 e. The maximum Gasteiger partial charge on any atom is 0.0476 e. The first-order valence-corrected chi connectivity index (χ1v) is 20.7. The highest BCUT2D eigenvalue weighted by Crippen LogP contribution is 2.45. The molecule has 0 amide bonds. The molecule has 0 aliphatic carbocycles. The molecule has 2 heteroatoms. The molecule has 1 nitrogen and oxygen atoms in total. The minimum Gasteiger partial charge on any atom is -0.310 e. The van der Waals surface area contributed by atoms with E-state index in [1.54, 1.807) is 0 Å². The number of hydrogen-bond donors (Lipinski definition) is 0. The highest BCUT2D eigenvalue weighted by molar-refractivity contribution is 7.26. The zero-order valence-corrected chi connectivity index (χ0v) is 32.4. The van der Waals surface area contributed by atoms with E-state index < -0.39 is 0 Å². The molecule has 0 aliphatic rings. The van der Waals surface area contributed by atoms with Gasteiger partial charge >= 0.3 is 0 Å².